The van der Waals surface area contributed by atoms with E-state index in [0.29, 0.717) is 10.0 Å². The first-order chi connectivity index (χ1) is 25.9. The van der Waals surface area contributed by atoms with Crippen molar-refractivity contribution < 1.29 is 29.4 Å². The second-order valence-corrected chi connectivity index (χ2v) is 15.3. The van der Waals surface area contributed by atoms with Crippen LogP contribution in [0.4, 0.5) is 0 Å². The van der Waals surface area contributed by atoms with Crippen LogP contribution < -0.4 is 21.3 Å². The summed E-state index contributed by atoms with van der Waals surface area (Å²) < 4.78 is 0. The van der Waals surface area contributed by atoms with Crippen molar-refractivity contribution in [2.75, 3.05) is 0 Å². The van der Waals surface area contributed by atoms with Crippen LogP contribution in [0.2, 0.25) is 0 Å². The van der Waals surface area contributed by atoms with Crippen LogP contribution in [-0.4, -0.2) is 80.2 Å². The van der Waals surface area contributed by atoms with Gasteiger partial charge in [0.15, 0.2) is 0 Å². The van der Waals surface area contributed by atoms with E-state index in [0.717, 1.165) is 11.1 Å². The van der Waals surface area contributed by atoms with Crippen molar-refractivity contribution in [2.24, 2.45) is 11.8 Å². The van der Waals surface area contributed by atoms with Crippen molar-refractivity contribution in [2.45, 2.75) is 76.9 Å². The molecule has 0 radical (unpaired) electrons. The van der Waals surface area contributed by atoms with Gasteiger partial charge in [-0.1, -0.05) is 88.4 Å². The topological polar surface area (TPSA) is 183 Å². The number of aliphatic hydroxyl groups excluding tert-OH is 2. The molecule has 0 aliphatic carbocycles. The normalized spacial score (nSPS) is 15.0. The van der Waals surface area contributed by atoms with Gasteiger partial charge in [0.1, 0.15) is 34.3 Å². The van der Waals surface area contributed by atoms with E-state index in [2.05, 4.69) is 31.2 Å². The number of benzene rings is 2. The molecule has 2 heterocycles. The summed E-state index contributed by atoms with van der Waals surface area (Å²) in [5, 5.41) is 39.9. The van der Waals surface area contributed by atoms with Gasteiger partial charge in [-0.25, -0.2) is 9.97 Å². The van der Waals surface area contributed by atoms with Crippen molar-refractivity contribution in [3.8, 4) is 0 Å². The number of thiazole rings is 2. The molecule has 2 aromatic carbocycles. The summed E-state index contributed by atoms with van der Waals surface area (Å²) in [5.74, 6) is -2.74. The average Bonchev–Trinajstić information content (AvgIpc) is 3.89. The third-order valence-electron chi connectivity index (χ3n) is 8.58. The second-order valence-electron chi connectivity index (χ2n) is 13.5. The van der Waals surface area contributed by atoms with Crippen molar-refractivity contribution in [1.82, 2.24) is 31.2 Å². The Morgan fingerprint density at radius 1 is 0.611 bits per heavy atom. The molecule has 0 bridgehead atoms. The van der Waals surface area contributed by atoms with Crippen LogP contribution in [0.25, 0.3) is 12.2 Å². The fourth-order valence-corrected chi connectivity index (χ4v) is 6.73. The number of aliphatic hydroxyl groups is 2. The van der Waals surface area contributed by atoms with Crippen LogP contribution in [0.5, 0.6) is 0 Å². The molecule has 0 unspecified atom stereocenters. The van der Waals surface area contributed by atoms with E-state index < -0.39 is 60.0 Å². The Labute approximate surface area is 323 Å². The van der Waals surface area contributed by atoms with Gasteiger partial charge in [0, 0.05) is 35.3 Å². The lowest BCUT2D eigenvalue weighted by molar-refractivity contribution is -0.131. The minimum atomic E-state index is -1.58. The maximum atomic E-state index is 13.8. The van der Waals surface area contributed by atoms with E-state index in [9.17, 15) is 29.4 Å². The van der Waals surface area contributed by atoms with Crippen LogP contribution in [0.15, 0.2) is 96.0 Å². The lowest BCUT2D eigenvalue weighted by Crippen LogP contribution is -2.61. The Balaban J connectivity index is 1.56. The number of hydrogen-bond donors (Lipinski definition) is 6. The molecule has 4 rings (SSSR count). The van der Waals surface area contributed by atoms with Crippen LogP contribution in [0.3, 0.4) is 0 Å². The molecule has 12 nitrogen and oxygen atoms in total. The molecule has 2 aromatic heterocycles. The average molecular weight is 773 g/mol. The molecule has 6 atom stereocenters. The number of nitrogens with zero attached hydrogens (tertiary/aromatic N) is 2. The molecular weight excluding hydrogens is 725 g/mol. The maximum absolute atomic E-state index is 13.8. The van der Waals surface area contributed by atoms with Gasteiger partial charge in [0.25, 0.3) is 0 Å². The van der Waals surface area contributed by atoms with Gasteiger partial charge in [0.2, 0.25) is 23.6 Å². The number of hydrogen-bond acceptors (Lipinski definition) is 10. The molecule has 0 aliphatic heterocycles. The number of carbonyl (C=O) groups excluding carboxylic acids is 4. The summed E-state index contributed by atoms with van der Waals surface area (Å²) in [6, 6.07) is 14.3. The first kappa shape index (κ1) is 41.7. The Morgan fingerprint density at radius 3 is 1.30 bits per heavy atom. The summed E-state index contributed by atoms with van der Waals surface area (Å²) in [4.78, 5) is 61.6. The molecule has 286 valence electrons. The zero-order valence-corrected chi connectivity index (χ0v) is 32.3. The van der Waals surface area contributed by atoms with Gasteiger partial charge in [-0.2, -0.15) is 0 Å². The minimum Gasteiger partial charge on any atom is -0.388 e. The first-order valence-corrected chi connectivity index (χ1v) is 19.5. The predicted molar refractivity (Wildman–Crippen MR) is 212 cm³/mol. The van der Waals surface area contributed by atoms with Crippen molar-refractivity contribution in [1.29, 1.82) is 0 Å². The van der Waals surface area contributed by atoms with E-state index in [1.54, 1.807) is 63.0 Å². The van der Waals surface area contributed by atoms with Crippen LogP contribution in [0, 0.1) is 11.8 Å². The molecule has 4 amide bonds. The number of rotatable bonds is 19. The summed E-state index contributed by atoms with van der Waals surface area (Å²) in [6.07, 6.45) is 6.09. The highest BCUT2D eigenvalue weighted by molar-refractivity contribution is 7.10. The lowest BCUT2D eigenvalue weighted by Gasteiger charge is -2.35. The van der Waals surface area contributed by atoms with Crippen molar-refractivity contribution in [3.05, 3.63) is 117 Å². The third kappa shape index (κ3) is 13.1. The minimum absolute atomic E-state index is 0.135. The highest BCUT2D eigenvalue weighted by Crippen LogP contribution is 2.17. The zero-order chi connectivity index (χ0) is 39.0. The predicted octanol–water partition coefficient (Wildman–Crippen LogP) is 3.78. The summed E-state index contributed by atoms with van der Waals surface area (Å²) in [7, 11) is 0. The SMILES string of the molecule is CC(C)[C@H](NC(=O)/C=C/c1nccs1)C(=O)N[C@@H](Cc1ccccc1)[C@@H](O)[C@H](O)[C@H](Cc1ccccc1)NC(=O)[C@@H](NC(=O)/C=C/c1nccs1)C(C)C. The van der Waals surface area contributed by atoms with Crippen molar-refractivity contribution in [3.63, 3.8) is 0 Å². The van der Waals surface area contributed by atoms with Gasteiger partial charge in [-0.05, 0) is 48.0 Å². The van der Waals surface area contributed by atoms with Crippen LogP contribution in [0.1, 0.15) is 48.8 Å². The Kier molecular flexibility index (Phi) is 16.2. The lowest BCUT2D eigenvalue weighted by atomic mass is 9.90. The highest BCUT2D eigenvalue weighted by atomic mass is 32.1. The van der Waals surface area contributed by atoms with Gasteiger partial charge >= 0.3 is 0 Å². The molecule has 0 saturated heterocycles. The summed E-state index contributed by atoms with van der Waals surface area (Å²) >= 11 is 2.73. The molecule has 0 saturated carbocycles. The third-order valence-corrected chi connectivity index (χ3v) is 10.1. The highest BCUT2D eigenvalue weighted by Gasteiger charge is 2.37. The molecule has 6 N–H and O–H groups in total. The summed E-state index contributed by atoms with van der Waals surface area (Å²) in [6.45, 7) is 7.15. The molecule has 0 spiro atoms. The molecule has 14 heteroatoms. The van der Waals surface area contributed by atoms with E-state index in [1.807, 2.05) is 60.7 Å². The van der Waals surface area contributed by atoms with Gasteiger partial charge in [0.05, 0.1) is 12.1 Å². The van der Waals surface area contributed by atoms with Gasteiger partial charge < -0.3 is 31.5 Å². The Bertz CT molecular complexity index is 1680. The van der Waals surface area contributed by atoms with E-state index in [1.165, 1.54) is 34.8 Å². The largest absolute Gasteiger partial charge is 0.388 e. The number of nitrogens with one attached hydrogen (secondary N) is 4. The van der Waals surface area contributed by atoms with Crippen LogP contribution in [-0.2, 0) is 32.0 Å². The van der Waals surface area contributed by atoms with E-state index in [4.69, 9.17) is 0 Å². The molecule has 54 heavy (non-hydrogen) atoms. The van der Waals surface area contributed by atoms with Gasteiger partial charge in [-0.3, -0.25) is 19.2 Å². The quantitative estimate of drug-likeness (QED) is 0.0779. The van der Waals surface area contributed by atoms with E-state index in [-0.39, 0.29) is 24.7 Å². The fourth-order valence-electron chi connectivity index (χ4n) is 5.67. The molecule has 4 aromatic rings. The number of aromatic nitrogens is 2. The number of amides is 4. The van der Waals surface area contributed by atoms with Crippen molar-refractivity contribution >= 4 is 58.5 Å². The number of carbonyl (C=O) groups is 4. The maximum Gasteiger partial charge on any atom is 0.244 e. The molecule has 0 fully saturated rings. The molecule has 0 aliphatic rings. The van der Waals surface area contributed by atoms with E-state index >= 15 is 0 Å². The zero-order valence-electron chi connectivity index (χ0n) is 30.7. The monoisotopic (exact) mass is 772 g/mol. The summed E-state index contributed by atoms with van der Waals surface area (Å²) in [5.41, 5.74) is 1.56. The standard InChI is InChI=1S/C40H48N6O6S2/c1-25(2)35(45-31(47)15-17-33-41-19-21-53-33)39(51)43-29(23-27-11-7-5-8-12-27)37(49)38(50)30(24-28-13-9-6-10-14-28)44-40(52)36(26(3)4)46-32(48)16-18-34-42-20-22-54-34/h5-22,25-26,29-30,35-38,49-50H,23-24H2,1-4H3,(H,43,51)(H,44,52)(H,45,47)(H,46,48)/b17-15+,18-16+/t29-,30-,35-,36-,37+,38+/m0/s1. The van der Waals surface area contributed by atoms with Gasteiger partial charge in [-0.15, -0.1) is 22.7 Å². The second kappa shape index (κ2) is 21.0. The van der Waals surface area contributed by atoms with Crippen LogP contribution >= 0.6 is 22.7 Å². The fraction of sp³-hybridized carbons (Fsp3) is 0.350. The Hall–Kier alpha value is -5.02. The smallest absolute Gasteiger partial charge is 0.244 e. The Morgan fingerprint density at radius 2 is 0.981 bits per heavy atom. The molecular formula is C40H48N6O6S2. The first-order valence-electron chi connectivity index (χ1n) is 17.7.